The third-order valence-electron chi connectivity index (χ3n) is 11.6. The number of ketones is 1. The van der Waals surface area contributed by atoms with Crippen LogP contribution in [0.5, 0.6) is 0 Å². The predicted octanol–water partition coefficient (Wildman–Crippen LogP) is 7.12. The molecule has 4 aromatic rings. The van der Waals surface area contributed by atoms with E-state index in [1.165, 1.54) is 33.5 Å². The monoisotopic (exact) mass is 709 g/mol. The molecule has 1 unspecified atom stereocenters. The summed E-state index contributed by atoms with van der Waals surface area (Å²) in [4.78, 5) is 58.6. The van der Waals surface area contributed by atoms with E-state index in [4.69, 9.17) is 33.9 Å². The van der Waals surface area contributed by atoms with Gasteiger partial charge in [-0.25, -0.2) is 24.5 Å². The number of carbonyl (C=O) groups is 3. The molecule has 3 aromatic carbocycles. The van der Waals surface area contributed by atoms with Crippen LogP contribution in [-0.4, -0.2) is 59.1 Å². The fourth-order valence-electron chi connectivity index (χ4n) is 9.59. The maximum Gasteiger partial charge on any atom is 0.353 e. The van der Waals surface area contributed by atoms with Crippen molar-refractivity contribution in [3.05, 3.63) is 106 Å². The van der Waals surface area contributed by atoms with Crippen LogP contribution in [0.4, 0.5) is 0 Å². The molecule has 10 heteroatoms. The first-order valence-corrected chi connectivity index (χ1v) is 18.2. The number of hydrogen-bond acceptors (Lipinski definition) is 10. The van der Waals surface area contributed by atoms with Crippen molar-refractivity contribution in [2.75, 3.05) is 14.2 Å². The van der Waals surface area contributed by atoms with E-state index < -0.39 is 34.6 Å². The summed E-state index contributed by atoms with van der Waals surface area (Å²) in [5, 5.41) is 0. The second-order valence-corrected chi connectivity index (χ2v) is 15.3. The largest absolute Gasteiger partial charge is 0.465 e. The SMILES string of the molecule is COC(=O)C1=C(C(=O)OC)C2(OC1=NC13CC4CC(CC(C4)C1)C3)OC(c1ccc(C)cc1)=C(c1nc3ccccc3nc1-c1ccc(C)cc1)C2=O. The lowest BCUT2D eigenvalue weighted by Gasteiger charge is -2.54. The molecule has 53 heavy (non-hydrogen) atoms. The lowest BCUT2D eigenvalue weighted by Crippen LogP contribution is -2.50. The van der Waals surface area contributed by atoms with Gasteiger partial charge < -0.3 is 18.9 Å². The molecule has 1 spiro atoms. The number of para-hydroxylation sites is 2. The minimum atomic E-state index is -2.45. The van der Waals surface area contributed by atoms with Crippen molar-refractivity contribution < 1.29 is 33.3 Å². The Labute approximate surface area is 306 Å². The van der Waals surface area contributed by atoms with Gasteiger partial charge in [-0.3, -0.25) is 4.79 Å². The van der Waals surface area contributed by atoms with Gasteiger partial charge in [-0.2, -0.15) is 0 Å². The lowest BCUT2D eigenvalue weighted by molar-refractivity contribution is -0.158. The highest BCUT2D eigenvalue weighted by atomic mass is 16.7. The molecule has 3 heterocycles. The highest BCUT2D eigenvalue weighted by molar-refractivity contribution is 6.38. The number of Topliss-reactive ketones (excluding diaryl/α,β-unsaturated/α-hetero) is 1. The molecule has 4 fully saturated rings. The maximum atomic E-state index is 15.5. The van der Waals surface area contributed by atoms with E-state index in [-0.39, 0.29) is 28.5 Å². The fourth-order valence-corrected chi connectivity index (χ4v) is 9.59. The molecule has 0 N–H and O–H groups in total. The number of aromatic nitrogens is 2. The molecule has 0 radical (unpaired) electrons. The highest BCUT2D eigenvalue weighted by Gasteiger charge is 2.66. The summed E-state index contributed by atoms with van der Waals surface area (Å²) in [6, 6.07) is 22.7. The fraction of sp³-hybridized carbons (Fsp3) is 0.349. The number of rotatable bonds is 6. The minimum absolute atomic E-state index is 0.0457. The van der Waals surface area contributed by atoms with Crippen LogP contribution in [0.15, 0.2) is 88.9 Å². The number of aryl methyl sites for hydroxylation is 2. The van der Waals surface area contributed by atoms with Gasteiger partial charge in [-0.05, 0) is 82.3 Å². The molecule has 10 rings (SSSR count). The van der Waals surface area contributed by atoms with Crippen LogP contribution in [0.25, 0.3) is 33.6 Å². The molecule has 0 amide bonds. The minimum Gasteiger partial charge on any atom is -0.465 e. The number of benzene rings is 3. The summed E-state index contributed by atoms with van der Waals surface area (Å²) in [7, 11) is 2.40. The van der Waals surface area contributed by atoms with Crippen molar-refractivity contribution in [2.24, 2.45) is 22.7 Å². The van der Waals surface area contributed by atoms with E-state index in [1.807, 2.05) is 86.6 Å². The van der Waals surface area contributed by atoms with Crippen LogP contribution in [0, 0.1) is 31.6 Å². The smallest absolute Gasteiger partial charge is 0.353 e. The summed E-state index contributed by atoms with van der Waals surface area (Å²) in [5.41, 5.74) is 4.06. The molecule has 1 atom stereocenters. The normalized spacial score (nSPS) is 27.9. The summed E-state index contributed by atoms with van der Waals surface area (Å²) < 4.78 is 23.9. The Hall–Kier alpha value is -5.64. The van der Waals surface area contributed by atoms with Crippen LogP contribution >= 0.6 is 0 Å². The van der Waals surface area contributed by atoms with Crippen molar-refractivity contribution >= 4 is 46.0 Å². The van der Waals surface area contributed by atoms with Crippen LogP contribution in [0.2, 0.25) is 0 Å². The third-order valence-corrected chi connectivity index (χ3v) is 11.6. The quantitative estimate of drug-likeness (QED) is 0.193. The Kier molecular flexibility index (Phi) is 7.66. The zero-order valence-electron chi connectivity index (χ0n) is 30.1. The topological polar surface area (TPSA) is 126 Å². The Balaban J connectivity index is 1.28. The van der Waals surface area contributed by atoms with Gasteiger partial charge in [0.05, 0.1) is 42.1 Å². The first-order chi connectivity index (χ1) is 25.6. The van der Waals surface area contributed by atoms with Gasteiger partial charge in [0.25, 0.3) is 5.78 Å². The number of ether oxygens (including phenoxy) is 4. The van der Waals surface area contributed by atoms with E-state index in [0.29, 0.717) is 40.0 Å². The number of esters is 2. The van der Waals surface area contributed by atoms with Crippen molar-refractivity contribution in [3.63, 3.8) is 0 Å². The van der Waals surface area contributed by atoms with Gasteiger partial charge in [-0.15, -0.1) is 0 Å². The van der Waals surface area contributed by atoms with E-state index in [2.05, 4.69) is 0 Å². The number of carbonyl (C=O) groups excluding carboxylic acids is 3. The van der Waals surface area contributed by atoms with Crippen LogP contribution < -0.4 is 0 Å². The van der Waals surface area contributed by atoms with E-state index >= 15 is 4.79 Å². The third kappa shape index (κ3) is 5.29. The molecule has 4 saturated carbocycles. The zero-order valence-corrected chi connectivity index (χ0v) is 30.1. The summed E-state index contributed by atoms with van der Waals surface area (Å²) in [5.74, 6) is -3.46. The number of methoxy groups -OCH3 is 2. The van der Waals surface area contributed by atoms with Crippen molar-refractivity contribution in [1.29, 1.82) is 0 Å². The second kappa shape index (κ2) is 12.2. The summed E-state index contributed by atoms with van der Waals surface area (Å²) in [6.07, 6.45) is 6.06. The Morgan fingerprint density at radius 1 is 0.717 bits per heavy atom. The van der Waals surface area contributed by atoms with Gasteiger partial charge in [-0.1, -0.05) is 71.8 Å². The Morgan fingerprint density at radius 2 is 1.25 bits per heavy atom. The van der Waals surface area contributed by atoms with Gasteiger partial charge >= 0.3 is 17.7 Å². The Bertz CT molecular complexity index is 2290. The molecule has 0 saturated heterocycles. The highest BCUT2D eigenvalue weighted by Crippen LogP contribution is 2.58. The first-order valence-electron chi connectivity index (χ1n) is 18.2. The second-order valence-electron chi connectivity index (χ2n) is 15.3. The molecule has 10 nitrogen and oxygen atoms in total. The van der Waals surface area contributed by atoms with Crippen molar-refractivity contribution in [3.8, 4) is 11.3 Å². The standard InChI is InChI=1S/C43H39N3O7/c1-23-9-13-28(14-10-23)35-36(45-31-8-6-5-7-30(31)44-35)33-37(29-15-11-24(2)12-16-29)52-43(38(33)47)34(41(49)51-4)32(40(48)50-3)39(53-43)46-42-20-25-17-26(21-42)19-27(18-25)22-42/h5-16,25-27H,17-22H2,1-4H3. The van der Waals surface area contributed by atoms with E-state index in [1.54, 1.807) is 0 Å². The molecule has 4 aliphatic carbocycles. The molecular weight excluding hydrogens is 670 g/mol. The first kappa shape index (κ1) is 33.2. The number of fused-ring (bicyclic) bond motifs is 1. The zero-order chi connectivity index (χ0) is 36.6. The van der Waals surface area contributed by atoms with Gasteiger partial charge in [0.15, 0.2) is 0 Å². The van der Waals surface area contributed by atoms with Crippen LogP contribution in [-0.2, 0) is 33.3 Å². The maximum absolute atomic E-state index is 15.5. The Morgan fingerprint density at radius 3 is 1.79 bits per heavy atom. The number of hydrogen-bond donors (Lipinski definition) is 0. The molecule has 268 valence electrons. The van der Waals surface area contributed by atoms with Crippen molar-refractivity contribution in [2.45, 2.75) is 63.7 Å². The number of aliphatic imine (C=N–C) groups is 1. The summed E-state index contributed by atoms with van der Waals surface area (Å²) >= 11 is 0. The van der Waals surface area contributed by atoms with E-state index in [0.717, 1.165) is 36.0 Å². The average Bonchev–Trinajstić information content (AvgIpc) is 3.62. The van der Waals surface area contributed by atoms with Gasteiger partial charge in [0.1, 0.15) is 22.6 Å². The molecule has 4 bridgehead atoms. The van der Waals surface area contributed by atoms with Gasteiger partial charge in [0, 0.05) is 11.1 Å². The summed E-state index contributed by atoms with van der Waals surface area (Å²) in [6.45, 7) is 3.95. The molecular formula is C43H39N3O7. The molecule has 6 aliphatic rings. The molecule has 1 aromatic heterocycles. The van der Waals surface area contributed by atoms with Gasteiger partial charge in [0.2, 0.25) is 5.90 Å². The lowest BCUT2D eigenvalue weighted by atomic mass is 9.53. The van der Waals surface area contributed by atoms with Crippen LogP contribution in [0.1, 0.15) is 60.9 Å². The number of nitrogens with zero attached hydrogens (tertiary/aromatic N) is 3. The molecule has 2 aliphatic heterocycles. The van der Waals surface area contributed by atoms with E-state index in [9.17, 15) is 9.59 Å². The van der Waals surface area contributed by atoms with Crippen LogP contribution in [0.3, 0.4) is 0 Å². The predicted molar refractivity (Wildman–Crippen MR) is 197 cm³/mol. The average molecular weight is 710 g/mol. The van der Waals surface area contributed by atoms with Crippen molar-refractivity contribution in [1.82, 2.24) is 9.97 Å².